The summed E-state index contributed by atoms with van der Waals surface area (Å²) in [6.45, 7) is 2.93. The quantitative estimate of drug-likeness (QED) is 0.439. The third-order valence-electron chi connectivity index (χ3n) is 1.29. The van der Waals surface area contributed by atoms with E-state index in [4.69, 9.17) is 10.8 Å². The molecule has 0 heterocycles. The molecule has 0 aromatic heterocycles. The molecule has 2 N–H and O–H groups in total. The molecular weight excluding hydrogens is 382 g/mol. The molecule has 0 saturated heterocycles. The van der Waals surface area contributed by atoms with E-state index >= 15 is 0 Å². The van der Waals surface area contributed by atoms with Crippen molar-refractivity contribution in [2.24, 2.45) is 4.99 Å². The van der Waals surface area contributed by atoms with Crippen LogP contribution in [0.3, 0.4) is 0 Å². The number of carbonyl (C=O) groups is 1. The molecule has 0 spiro atoms. The summed E-state index contributed by atoms with van der Waals surface area (Å²) in [5.74, 6) is -1.07. The first-order chi connectivity index (χ1) is 5.00. The predicted octanol–water partition coefficient (Wildman–Crippen LogP) is 1.49. The number of aliphatic hydroxyl groups is 1. The Kier molecular flexibility index (Phi) is 7.45. The van der Waals surface area contributed by atoms with Crippen molar-refractivity contribution in [1.82, 2.24) is 0 Å². The van der Waals surface area contributed by atoms with E-state index in [1.807, 2.05) is 0 Å². The van der Waals surface area contributed by atoms with Gasteiger partial charge in [0.1, 0.15) is 5.76 Å². The molecule has 0 atom stereocenters. The van der Waals surface area contributed by atoms with Gasteiger partial charge in [-0.25, -0.2) is 0 Å². The summed E-state index contributed by atoms with van der Waals surface area (Å²) >= 11 is 0. The van der Waals surface area contributed by atoms with E-state index in [1.54, 1.807) is 6.92 Å². The standard InChI is InChI=1S/C7H12N2O2.U/c1-4(9-3)6(5(2)10)7(8)11;/h1-3H3,(H3,8,9,10,11);/p-1. The number of hydrogen-bond donors (Lipinski definition) is 1. The number of aliphatic imine (C=N–C) groups is 1. The van der Waals surface area contributed by atoms with Gasteiger partial charge in [0, 0.05) is 43.9 Å². The van der Waals surface area contributed by atoms with Crippen molar-refractivity contribution in [1.29, 1.82) is 0 Å². The molecule has 0 radical (unpaired) electrons. The van der Waals surface area contributed by atoms with Crippen LogP contribution >= 0.6 is 0 Å². The zero-order valence-corrected chi connectivity index (χ0v) is 11.5. The van der Waals surface area contributed by atoms with Gasteiger partial charge in [-0.1, -0.05) is 0 Å². The van der Waals surface area contributed by atoms with Crippen molar-refractivity contribution in [3.63, 3.8) is 0 Å². The van der Waals surface area contributed by atoms with E-state index in [-0.39, 0.29) is 42.4 Å². The topological polar surface area (TPSA) is 73.5 Å². The molecule has 0 fully saturated rings. The molecule has 66 valence electrons. The van der Waals surface area contributed by atoms with Gasteiger partial charge in [0.2, 0.25) is 0 Å². The number of aliphatic hydroxyl groups excluding tert-OH is 1. The molecule has 0 aromatic rings. The Morgan fingerprint density at radius 1 is 1.42 bits per heavy atom. The maximum atomic E-state index is 10.6. The number of amides is 1. The summed E-state index contributed by atoms with van der Waals surface area (Å²) in [5.41, 5.74) is 7.12. The van der Waals surface area contributed by atoms with Gasteiger partial charge in [-0.05, 0) is 13.8 Å². The van der Waals surface area contributed by atoms with Gasteiger partial charge in [0.15, 0.2) is 0 Å². The molecule has 12 heavy (non-hydrogen) atoms. The van der Waals surface area contributed by atoms with Crippen molar-refractivity contribution in [2.75, 3.05) is 7.05 Å². The maximum Gasteiger partial charge on any atom is 0.100 e. The predicted molar refractivity (Wildman–Crippen MR) is 43.7 cm³/mol. The molecule has 0 aliphatic heterocycles. The fraction of sp³-hybridized carbons (Fsp3) is 0.429. The third kappa shape index (κ3) is 3.94. The fourth-order valence-electron chi connectivity index (χ4n) is 0.702. The van der Waals surface area contributed by atoms with E-state index in [0.29, 0.717) is 5.71 Å². The molecule has 1 amide bonds. The molecule has 5 heteroatoms. The van der Waals surface area contributed by atoms with Crippen LogP contribution in [0.5, 0.6) is 0 Å². The molecule has 4 nitrogen and oxygen atoms in total. The Morgan fingerprint density at radius 2 is 1.83 bits per heavy atom. The van der Waals surface area contributed by atoms with Crippen molar-refractivity contribution in [3.8, 4) is 0 Å². The molecule has 0 saturated carbocycles. The minimum atomic E-state index is -0.909. The van der Waals surface area contributed by atoms with E-state index in [2.05, 4.69) is 4.99 Å². The summed E-state index contributed by atoms with van der Waals surface area (Å²) in [6, 6.07) is 0. The Balaban J connectivity index is 0. The normalized spacial score (nSPS) is 13.1. The summed E-state index contributed by atoms with van der Waals surface area (Å²) in [7, 11) is 1.50. The van der Waals surface area contributed by atoms with Gasteiger partial charge >= 0.3 is 0 Å². The Labute approximate surface area is 95.3 Å². The van der Waals surface area contributed by atoms with Gasteiger partial charge in [-0.3, -0.25) is 4.99 Å². The van der Waals surface area contributed by atoms with Crippen LogP contribution in [0.15, 0.2) is 16.3 Å². The number of carbonyl (C=O) groups excluding carboxylic acids is 1. The molecular formula is C7H11N2O2U-. The smallest absolute Gasteiger partial charge is 0.100 e. The summed E-state index contributed by atoms with van der Waals surface area (Å²) < 4.78 is 0. The van der Waals surface area contributed by atoms with Crippen molar-refractivity contribution < 1.29 is 41.0 Å². The van der Waals surface area contributed by atoms with Crippen LogP contribution in [0.25, 0.3) is 5.73 Å². The van der Waals surface area contributed by atoms with Crippen molar-refractivity contribution >= 4 is 11.6 Å². The van der Waals surface area contributed by atoms with Crippen LogP contribution in [0.2, 0.25) is 0 Å². The molecule has 0 bridgehead atoms. The Hall–Kier alpha value is -0.268. The Morgan fingerprint density at radius 3 is 1.92 bits per heavy atom. The second-order valence-corrected chi connectivity index (χ2v) is 2.10. The third-order valence-corrected chi connectivity index (χ3v) is 1.29. The number of nitrogens with zero attached hydrogens (tertiary/aromatic N) is 1. The van der Waals surface area contributed by atoms with E-state index < -0.39 is 5.91 Å². The van der Waals surface area contributed by atoms with E-state index in [1.165, 1.54) is 14.0 Å². The van der Waals surface area contributed by atoms with Crippen LogP contribution in [-0.2, 0) is 4.79 Å². The van der Waals surface area contributed by atoms with Crippen LogP contribution in [0, 0.1) is 31.1 Å². The summed E-state index contributed by atoms with van der Waals surface area (Å²) in [6.07, 6.45) is 0. The van der Waals surface area contributed by atoms with Crippen LogP contribution < -0.4 is 0 Å². The summed E-state index contributed by atoms with van der Waals surface area (Å²) in [5, 5.41) is 8.94. The maximum absolute atomic E-state index is 10.6. The molecule has 0 unspecified atom stereocenters. The minimum Gasteiger partial charge on any atom is -0.663 e. The molecule has 0 aliphatic rings. The average molecular weight is 393 g/mol. The van der Waals surface area contributed by atoms with E-state index in [9.17, 15) is 4.79 Å². The Bertz CT molecular complexity index is 230. The zero-order chi connectivity index (χ0) is 9.02. The monoisotopic (exact) mass is 393 g/mol. The first kappa shape index (κ1) is 14.3. The number of nitrogens with one attached hydrogen (secondary N) is 1. The van der Waals surface area contributed by atoms with Crippen LogP contribution in [-0.4, -0.2) is 23.8 Å². The van der Waals surface area contributed by atoms with Gasteiger partial charge in [-0.2, -0.15) is 0 Å². The molecule has 0 aliphatic carbocycles. The SMILES string of the molecule is CN=C(C)C(C([NH-])=O)=C(C)O.[U]. The largest absolute Gasteiger partial charge is 0.663 e. The van der Waals surface area contributed by atoms with E-state index in [0.717, 1.165) is 0 Å². The average Bonchev–Trinajstić information content (AvgIpc) is 1.85. The van der Waals surface area contributed by atoms with Gasteiger partial charge in [-0.15, -0.1) is 0 Å². The number of hydrogen-bond acceptors (Lipinski definition) is 3. The first-order valence-corrected chi connectivity index (χ1v) is 3.10. The van der Waals surface area contributed by atoms with Gasteiger partial charge in [0.05, 0.1) is 11.5 Å². The molecule has 0 rings (SSSR count). The summed E-state index contributed by atoms with van der Waals surface area (Å²) in [4.78, 5) is 14.2. The van der Waals surface area contributed by atoms with Crippen LogP contribution in [0.4, 0.5) is 0 Å². The second-order valence-electron chi connectivity index (χ2n) is 2.10. The van der Waals surface area contributed by atoms with Gasteiger partial charge < -0.3 is 15.6 Å². The minimum absolute atomic E-state index is 0. The number of allylic oxidation sites excluding steroid dienone is 1. The first-order valence-electron chi connectivity index (χ1n) is 3.10. The van der Waals surface area contributed by atoms with Crippen molar-refractivity contribution in [3.05, 3.63) is 17.1 Å². The van der Waals surface area contributed by atoms with Crippen molar-refractivity contribution in [2.45, 2.75) is 13.8 Å². The van der Waals surface area contributed by atoms with Crippen LogP contribution in [0.1, 0.15) is 13.8 Å². The second kappa shape index (κ2) is 6.27. The fourth-order valence-corrected chi connectivity index (χ4v) is 0.702. The zero-order valence-electron chi connectivity index (χ0n) is 7.30. The number of rotatable bonds is 2. The molecule has 0 aromatic carbocycles. The van der Waals surface area contributed by atoms with Gasteiger partial charge in [0.25, 0.3) is 0 Å².